The van der Waals surface area contributed by atoms with Gasteiger partial charge < -0.3 is 24.4 Å². The Kier molecular flexibility index (Phi) is 7.96. The van der Waals surface area contributed by atoms with Crippen molar-refractivity contribution >= 4 is 23.2 Å². The van der Waals surface area contributed by atoms with Gasteiger partial charge in [-0.25, -0.2) is 4.98 Å². The van der Waals surface area contributed by atoms with E-state index >= 15 is 0 Å². The van der Waals surface area contributed by atoms with Crippen LogP contribution in [0.5, 0.6) is 11.5 Å². The van der Waals surface area contributed by atoms with E-state index in [2.05, 4.69) is 37.9 Å². The van der Waals surface area contributed by atoms with Crippen LogP contribution < -0.4 is 14.8 Å². The minimum Gasteiger partial charge on any atom is -0.493 e. The van der Waals surface area contributed by atoms with Gasteiger partial charge in [-0.05, 0) is 52.3 Å². The Morgan fingerprint density at radius 3 is 2.68 bits per heavy atom. The van der Waals surface area contributed by atoms with Gasteiger partial charge in [-0.1, -0.05) is 13.8 Å². The number of ether oxygens (including phenoxy) is 3. The van der Waals surface area contributed by atoms with Gasteiger partial charge >= 0.3 is 0 Å². The molecule has 1 atom stereocenters. The van der Waals surface area contributed by atoms with Gasteiger partial charge in [0.15, 0.2) is 11.5 Å². The molecule has 1 aromatic heterocycles. The molecule has 3 rings (SSSR count). The van der Waals surface area contributed by atoms with E-state index in [-0.39, 0.29) is 12.1 Å². The lowest BCUT2D eigenvalue weighted by molar-refractivity contribution is -0.133. The van der Waals surface area contributed by atoms with E-state index < -0.39 is 0 Å². The fraction of sp³-hybridized carbons (Fsp3) is 0.583. The molecule has 1 unspecified atom stereocenters. The molecule has 170 valence electrons. The number of nitrogens with one attached hydrogen (secondary N) is 1. The molecule has 1 aliphatic carbocycles. The summed E-state index contributed by atoms with van der Waals surface area (Å²) in [6.45, 7) is 12.7. The Labute approximate surface area is 185 Å². The van der Waals surface area contributed by atoms with Crippen LogP contribution in [0.4, 0.5) is 5.82 Å². The van der Waals surface area contributed by atoms with Gasteiger partial charge in [0.2, 0.25) is 0 Å². The molecular formula is C24H35N3O4. The lowest BCUT2D eigenvalue weighted by atomic mass is 10.0. The quantitative estimate of drug-likeness (QED) is 0.397. The summed E-state index contributed by atoms with van der Waals surface area (Å²) in [7, 11) is 1.64. The predicted octanol–water partition coefficient (Wildman–Crippen LogP) is 4.33. The first kappa shape index (κ1) is 23.1. The van der Waals surface area contributed by atoms with Crippen LogP contribution in [0.3, 0.4) is 0 Å². The van der Waals surface area contributed by atoms with Crippen LogP contribution >= 0.6 is 0 Å². The van der Waals surface area contributed by atoms with Crippen LogP contribution in [-0.4, -0.2) is 55.7 Å². The average Bonchev–Trinajstić information content (AvgIpc) is 3.18. The largest absolute Gasteiger partial charge is 0.493 e. The second-order valence-electron chi connectivity index (χ2n) is 8.16. The molecule has 0 saturated carbocycles. The first-order valence-electron chi connectivity index (χ1n) is 11.3. The lowest BCUT2D eigenvalue weighted by Gasteiger charge is -2.20. The number of carbonyl (C=O) groups is 1. The molecule has 0 aliphatic heterocycles. The van der Waals surface area contributed by atoms with Crippen LogP contribution in [-0.2, 0) is 16.0 Å². The van der Waals surface area contributed by atoms with Gasteiger partial charge in [0, 0.05) is 35.2 Å². The minimum atomic E-state index is -0.267. The predicted molar refractivity (Wildman–Crippen MR) is 123 cm³/mol. The fourth-order valence-corrected chi connectivity index (χ4v) is 4.25. The van der Waals surface area contributed by atoms with Crippen molar-refractivity contribution in [3.05, 3.63) is 23.3 Å². The molecule has 1 aromatic carbocycles. The molecule has 2 aromatic rings. The first-order valence-corrected chi connectivity index (χ1v) is 11.3. The van der Waals surface area contributed by atoms with Gasteiger partial charge in [0.1, 0.15) is 11.9 Å². The number of methoxy groups -OCH3 is 1. The summed E-state index contributed by atoms with van der Waals surface area (Å²) in [6.07, 6.45) is 2.25. The number of nitrogens with zero attached hydrogens (tertiary/aromatic N) is 2. The summed E-state index contributed by atoms with van der Waals surface area (Å²) < 4.78 is 17.1. The molecule has 0 fully saturated rings. The second kappa shape index (κ2) is 10.7. The zero-order chi connectivity index (χ0) is 22.4. The van der Waals surface area contributed by atoms with Crippen LogP contribution in [0.25, 0.3) is 10.9 Å². The van der Waals surface area contributed by atoms with Gasteiger partial charge in [0.05, 0.1) is 19.2 Å². The van der Waals surface area contributed by atoms with Gasteiger partial charge in [-0.15, -0.1) is 0 Å². The van der Waals surface area contributed by atoms with Crippen LogP contribution in [0.2, 0.25) is 0 Å². The van der Waals surface area contributed by atoms with E-state index in [1.165, 1.54) is 0 Å². The summed E-state index contributed by atoms with van der Waals surface area (Å²) in [4.78, 5) is 18.4. The number of hydrogen-bond acceptors (Lipinski definition) is 7. The SMILES string of the molecule is CCN(CC)CCCOc1cc2nc(NC(C)C)c3c(c2cc1OC)C(OC=O)CC3. The molecule has 7 nitrogen and oxygen atoms in total. The number of fused-ring (bicyclic) bond motifs is 3. The molecule has 0 amide bonds. The second-order valence-corrected chi connectivity index (χ2v) is 8.16. The highest BCUT2D eigenvalue weighted by molar-refractivity contribution is 5.90. The zero-order valence-corrected chi connectivity index (χ0v) is 19.4. The van der Waals surface area contributed by atoms with E-state index in [9.17, 15) is 4.79 Å². The Morgan fingerprint density at radius 1 is 1.26 bits per heavy atom. The van der Waals surface area contributed by atoms with Crippen molar-refractivity contribution in [2.24, 2.45) is 0 Å². The molecule has 31 heavy (non-hydrogen) atoms. The molecular weight excluding hydrogens is 394 g/mol. The Balaban J connectivity index is 1.95. The van der Waals surface area contributed by atoms with Crippen molar-refractivity contribution in [3.8, 4) is 11.5 Å². The molecule has 7 heteroatoms. The standard InChI is InChI=1S/C24H35N3O4/c1-6-27(7-2)11-8-12-30-22-14-19-18(13-21(22)29-5)23-17(9-10-20(23)31-15-28)24(26-19)25-16(3)4/h13-16,20H,6-12H2,1-5H3,(H,25,26). The Bertz CT molecular complexity index is 896. The van der Waals surface area contributed by atoms with Crippen molar-refractivity contribution in [2.45, 2.75) is 59.1 Å². The number of rotatable bonds is 12. The van der Waals surface area contributed by atoms with Gasteiger partial charge in [0.25, 0.3) is 6.47 Å². The van der Waals surface area contributed by atoms with Crippen LogP contribution in [0.1, 0.15) is 57.8 Å². The molecule has 0 saturated heterocycles. The summed E-state index contributed by atoms with van der Waals surface area (Å²) in [6, 6.07) is 4.15. The third-order valence-corrected chi connectivity index (χ3v) is 5.81. The van der Waals surface area contributed by atoms with Crippen LogP contribution in [0, 0.1) is 0 Å². The number of aromatic nitrogens is 1. The lowest BCUT2D eigenvalue weighted by Crippen LogP contribution is -2.25. The van der Waals surface area contributed by atoms with Gasteiger partial charge in [-0.2, -0.15) is 0 Å². The normalized spacial score (nSPS) is 15.4. The minimum absolute atomic E-state index is 0.245. The third-order valence-electron chi connectivity index (χ3n) is 5.81. The molecule has 0 spiro atoms. The van der Waals surface area contributed by atoms with E-state index in [1.54, 1.807) is 7.11 Å². The maximum absolute atomic E-state index is 11.1. The summed E-state index contributed by atoms with van der Waals surface area (Å²) in [5.74, 6) is 2.20. The van der Waals surface area contributed by atoms with Gasteiger partial charge in [-0.3, -0.25) is 4.79 Å². The summed E-state index contributed by atoms with van der Waals surface area (Å²) in [5, 5.41) is 4.40. The molecule has 1 heterocycles. The smallest absolute Gasteiger partial charge is 0.293 e. The summed E-state index contributed by atoms with van der Waals surface area (Å²) >= 11 is 0. The van der Waals surface area contributed by atoms with Crippen molar-refractivity contribution in [3.63, 3.8) is 0 Å². The topological polar surface area (TPSA) is 72.9 Å². The van der Waals surface area contributed by atoms with E-state index in [4.69, 9.17) is 19.2 Å². The number of pyridine rings is 1. The van der Waals surface area contributed by atoms with E-state index in [0.29, 0.717) is 24.6 Å². The van der Waals surface area contributed by atoms with Crippen molar-refractivity contribution in [2.75, 3.05) is 38.7 Å². The monoisotopic (exact) mass is 429 g/mol. The van der Waals surface area contributed by atoms with Crippen molar-refractivity contribution in [1.82, 2.24) is 9.88 Å². The fourth-order valence-electron chi connectivity index (χ4n) is 4.25. The van der Waals surface area contributed by atoms with Crippen molar-refractivity contribution < 1.29 is 19.0 Å². The molecule has 0 radical (unpaired) electrons. The average molecular weight is 430 g/mol. The maximum Gasteiger partial charge on any atom is 0.293 e. The highest BCUT2D eigenvalue weighted by atomic mass is 16.5. The Hall–Kier alpha value is -2.54. The zero-order valence-electron chi connectivity index (χ0n) is 19.4. The molecule has 1 aliphatic rings. The van der Waals surface area contributed by atoms with E-state index in [1.807, 2.05) is 12.1 Å². The number of anilines is 1. The number of hydrogen-bond donors (Lipinski definition) is 1. The van der Waals surface area contributed by atoms with E-state index in [0.717, 1.165) is 66.7 Å². The van der Waals surface area contributed by atoms with Crippen molar-refractivity contribution in [1.29, 1.82) is 0 Å². The number of benzene rings is 1. The highest BCUT2D eigenvalue weighted by Gasteiger charge is 2.30. The van der Waals surface area contributed by atoms with Crippen LogP contribution in [0.15, 0.2) is 12.1 Å². The third kappa shape index (κ3) is 5.21. The molecule has 1 N–H and O–H groups in total. The Morgan fingerprint density at radius 2 is 2.03 bits per heavy atom. The number of carbonyl (C=O) groups excluding carboxylic acids is 1. The highest BCUT2D eigenvalue weighted by Crippen LogP contribution is 2.44. The first-order chi connectivity index (χ1) is 15.0. The molecule has 0 bridgehead atoms. The summed E-state index contributed by atoms with van der Waals surface area (Å²) in [5.41, 5.74) is 2.94. The maximum atomic E-state index is 11.1.